The first-order valence-electron chi connectivity index (χ1n) is 6.57. The van der Waals surface area contributed by atoms with Crippen molar-refractivity contribution in [2.75, 3.05) is 5.43 Å². The summed E-state index contributed by atoms with van der Waals surface area (Å²) in [5, 5.41) is 20.6. The molecule has 2 aromatic heterocycles. The van der Waals surface area contributed by atoms with Gasteiger partial charge < -0.3 is 5.73 Å². The van der Waals surface area contributed by atoms with E-state index in [9.17, 15) is 0 Å². The Labute approximate surface area is 135 Å². The van der Waals surface area contributed by atoms with Gasteiger partial charge in [0, 0.05) is 11.8 Å². The topological polar surface area (TPSA) is 124 Å². The largest absolute Gasteiger partial charge is 0.382 e. The molecule has 0 aliphatic rings. The Kier molecular flexibility index (Phi) is 3.95. The Morgan fingerprint density at radius 3 is 2.74 bits per heavy atom. The summed E-state index contributed by atoms with van der Waals surface area (Å²) in [7, 11) is 0. The van der Waals surface area contributed by atoms with Crippen LogP contribution in [0.1, 0.15) is 0 Å². The molecule has 3 aromatic rings. The zero-order valence-corrected chi connectivity index (χ0v) is 12.6. The number of hydrogen-bond donors (Lipinski definition) is 3. The standard InChI is InChI=1S/C15H11N7S/c16-8-12(13(17)18)22-21-10-5-3-9(4-6-10)14-20-11-2-1-7-19-15(11)23-14/h1-7,21H,(H3,17,18)/b22-12+. The first kappa shape index (κ1) is 14.6. The highest BCUT2D eigenvalue weighted by Crippen LogP contribution is 2.29. The lowest BCUT2D eigenvalue weighted by atomic mass is 10.2. The summed E-state index contributed by atoms with van der Waals surface area (Å²) >= 11 is 1.52. The smallest absolute Gasteiger partial charge is 0.201 e. The number of nitriles is 1. The maximum absolute atomic E-state index is 8.78. The molecule has 23 heavy (non-hydrogen) atoms. The molecule has 0 saturated heterocycles. The molecule has 0 aliphatic heterocycles. The minimum Gasteiger partial charge on any atom is -0.382 e. The van der Waals surface area contributed by atoms with E-state index < -0.39 is 0 Å². The monoisotopic (exact) mass is 321 g/mol. The van der Waals surface area contributed by atoms with E-state index in [2.05, 4.69) is 20.5 Å². The molecule has 0 atom stereocenters. The fourth-order valence-corrected chi connectivity index (χ4v) is 2.76. The molecule has 7 nitrogen and oxygen atoms in total. The van der Waals surface area contributed by atoms with Crippen LogP contribution in [0, 0.1) is 16.7 Å². The first-order valence-corrected chi connectivity index (χ1v) is 7.39. The Hall–Kier alpha value is -3.31. The van der Waals surface area contributed by atoms with Crippen LogP contribution in [-0.4, -0.2) is 21.5 Å². The second-order valence-electron chi connectivity index (χ2n) is 4.52. The van der Waals surface area contributed by atoms with Gasteiger partial charge in [-0.2, -0.15) is 10.4 Å². The Bertz CT molecular complexity index is 901. The van der Waals surface area contributed by atoms with E-state index in [4.69, 9.17) is 16.4 Å². The summed E-state index contributed by atoms with van der Waals surface area (Å²) in [5.41, 5.74) is 10.3. The maximum Gasteiger partial charge on any atom is 0.201 e. The van der Waals surface area contributed by atoms with Crippen molar-refractivity contribution in [1.29, 1.82) is 10.7 Å². The molecule has 0 amide bonds. The molecule has 4 N–H and O–H groups in total. The van der Waals surface area contributed by atoms with E-state index >= 15 is 0 Å². The van der Waals surface area contributed by atoms with E-state index in [0.717, 1.165) is 20.9 Å². The minimum absolute atomic E-state index is 0.161. The first-order chi connectivity index (χ1) is 11.2. The SMILES string of the molecule is N#C/C(=N\Nc1ccc(-c2nc3cccnc3s2)cc1)C(=N)N. The van der Waals surface area contributed by atoms with Gasteiger partial charge in [-0.1, -0.05) is 11.3 Å². The van der Waals surface area contributed by atoms with Crippen LogP contribution in [0.3, 0.4) is 0 Å². The van der Waals surface area contributed by atoms with Gasteiger partial charge in [0.25, 0.3) is 0 Å². The van der Waals surface area contributed by atoms with Crippen LogP contribution in [0.4, 0.5) is 5.69 Å². The van der Waals surface area contributed by atoms with Crippen molar-refractivity contribution in [2.45, 2.75) is 0 Å². The van der Waals surface area contributed by atoms with Gasteiger partial charge in [0.05, 0.1) is 5.69 Å². The third-order valence-electron chi connectivity index (χ3n) is 2.96. The third kappa shape index (κ3) is 3.14. The predicted molar refractivity (Wildman–Crippen MR) is 91.4 cm³/mol. The van der Waals surface area contributed by atoms with Crippen molar-refractivity contribution in [1.82, 2.24) is 9.97 Å². The number of amidine groups is 1. The summed E-state index contributed by atoms with van der Waals surface area (Å²) in [6.45, 7) is 0. The van der Waals surface area contributed by atoms with Gasteiger partial charge in [-0.3, -0.25) is 10.8 Å². The second-order valence-corrected chi connectivity index (χ2v) is 5.50. The predicted octanol–water partition coefficient (Wildman–Crippen LogP) is 2.59. The van der Waals surface area contributed by atoms with Crippen molar-refractivity contribution < 1.29 is 0 Å². The van der Waals surface area contributed by atoms with Gasteiger partial charge in [0.15, 0.2) is 5.84 Å². The van der Waals surface area contributed by atoms with E-state index in [-0.39, 0.29) is 11.5 Å². The van der Waals surface area contributed by atoms with Crippen molar-refractivity contribution >= 4 is 38.9 Å². The summed E-state index contributed by atoms with van der Waals surface area (Å²) in [6.07, 6.45) is 1.75. The van der Waals surface area contributed by atoms with E-state index in [1.165, 1.54) is 11.3 Å². The summed E-state index contributed by atoms with van der Waals surface area (Å²) in [4.78, 5) is 9.72. The lowest BCUT2D eigenvalue weighted by molar-refractivity contribution is 1.33. The number of thiazole rings is 1. The number of benzene rings is 1. The summed E-state index contributed by atoms with van der Waals surface area (Å²) in [5.74, 6) is -0.376. The number of pyridine rings is 1. The number of nitrogens with one attached hydrogen (secondary N) is 2. The summed E-state index contributed by atoms with van der Waals surface area (Å²) in [6, 6.07) is 13.0. The highest BCUT2D eigenvalue weighted by Gasteiger charge is 2.06. The van der Waals surface area contributed by atoms with Gasteiger partial charge in [0.1, 0.15) is 21.4 Å². The molecule has 112 valence electrons. The number of anilines is 1. The average Bonchev–Trinajstić information content (AvgIpc) is 2.99. The fraction of sp³-hybridized carbons (Fsp3) is 0. The Morgan fingerprint density at radius 1 is 1.30 bits per heavy atom. The van der Waals surface area contributed by atoms with E-state index in [1.807, 2.05) is 36.4 Å². The van der Waals surface area contributed by atoms with Crippen LogP contribution in [0.5, 0.6) is 0 Å². The second kappa shape index (κ2) is 6.21. The van der Waals surface area contributed by atoms with Crippen molar-refractivity contribution in [2.24, 2.45) is 10.8 Å². The number of aromatic nitrogens is 2. The molecule has 0 fully saturated rings. The fourth-order valence-electron chi connectivity index (χ4n) is 1.85. The van der Waals surface area contributed by atoms with Gasteiger partial charge in [-0.05, 0) is 36.4 Å². The molecule has 0 aliphatic carbocycles. The highest BCUT2D eigenvalue weighted by atomic mass is 32.1. The molecule has 2 heterocycles. The average molecular weight is 321 g/mol. The number of hydrazone groups is 1. The van der Waals surface area contributed by atoms with Crippen LogP contribution in [0.2, 0.25) is 0 Å². The molecule has 0 saturated carbocycles. The van der Waals surface area contributed by atoms with Gasteiger partial charge in [-0.15, -0.1) is 0 Å². The molecular formula is C15H11N7S. The van der Waals surface area contributed by atoms with Crippen molar-refractivity contribution in [3.05, 3.63) is 42.6 Å². The summed E-state index contributed by atoms with van der Waals surface area (Å²) < 4.78 is 0. The quantitative estimate of drug-likeness (QED) is 0.387. The third-order valence-corrected chi connectivity index (χ3v) is 3.98. The Morgan fingerprint density at radius 2 is 2.09 bits per heavy atom. The van der Waals surface area contributed by atoms with Crippen LogP contribution in [0.15, 0.2) is 47.7 Å². The normalized spacial score (nSPS) is 11.2. The zero-order chi connectivity index (χ0) is 16.2. The van der Waals surface area contributed by atoms with Crippen LogP contribution in [-0.2, 0) is 0 Å². The molecule has 0 bridgehead atoms. The van der Waals surface area contributed by atoms with Crippen molar-refractivity contribution in [3.63, 3.8) is 0 Å². The molecule has 0 spiro atoms. The molecule has 1 aromatic carbocycles. The number of nitrogens with two attached hydrogens (primary N) is 1. The van der Waals surface area contributed by atoms with Gasteiger partial charge in [-0.25, -0.2) is 9.97 Å². The number of fused-ring (bicyclic) bond motifs is 1. The lowest BCUT2D eigenvalue weighted by Gasteiger charge is -2.02. The van der Waals surface area contributed by atoms with Crippen LogP contribution < -0.4 is 11.2 Å². The Balaban J connectivity index is 1.82. The lowest BCUT2D eigenvalue weighted by Crippen LogP contribution is -2.21. The molecule has 0 radical (unpaired) electrons. The van der Waals surface area contributed by atoms with Crippen molar-refractivity contribution in [3.8, 4) is 16.6 Å². The van der Waals surface area contributed by atoms with E-state index in [1.54, 1.807) is 12.3 Å². The van der Waals surface area contributed by atoms with Crippen LogP contribution in [0.25, 0.3) is 20.9 Å². The molecule has 3 rings (SSSR count). The highest BCUT2D eigenvalue weighted by molar-refractivity contribution is 7.21. The zero-order valence-electron chi connectivity index (χ0n) is 11.8. The number of rotatable bonds is 4. The van der Waals surface area contributed by atoms with E-state index in [0.29, 0.717) is 5.69 Å². The number of nitrogens with zero attached hydrogens (tertiary/aromatic N) is 4. The maximum atomic E-state index is 8.78. The van der Waals surface area contributed by atoms with Crippen LogP contribution >= 0.6 is 11.3 Å². The minimum atomic E-state index is -0.376. The molecule has 8 heteroatoms. The van der Waals surface area contributed by atoms with Gasteiger partial charge >= 0.3 is 0 Å². The molecular weight excluding hydrogens is 310 g/mol. The molecule has 0 unspecified atom stereocenters. The van der Waals surface area contributed by atoms with Gasteiger partial charge in [0.2, 0.25) is 5.71 Å². The number of hydrogen-bond acceptors (Lipinski definition) is 7.